The van der Waals surface area contributed by atoms with Gasteiger partial charge in [0.05, 0.1) is 5.52 Å². The van der Waals surface area contributed by atoms with E-state index in [1.54, 1.807) is 6.07 Å². The predicted octanol–water partition coefficient (Wildman–Crippen LogP) is 7.26. The van der Waals surface area contributed by atoms with Crippen LogP contribution in [0.2, 0.25) is 0 Å². The summed E-state index contributed by atoms with van der Waals surface area (Å²) in [5.74, 6) is -0.285. The first-order valence-electron chi connectivity index (χ1n) is 14.0. The van der Waals surface area contributed by atoms with Gasteiger partial charge in [-0.2, -0.15) is 13.2 Å². The van der Waals surface area contributed by atoms with Crippen LogP contribution in [0, 0.1) is 5.41 Å². The van der Waals surface area contributed by atoms with Gasteiger partial charge in [0.1, 0.15) is 17.2 Å². The van der Waals surface area contributed by atoms with Crippen molar-refractivity contribution in [3.63, 3.8) is 0 Å². The quantitative estimate of drug-likeness (QED) is 0.223. The zero-order chi connectivity index (χ0) is 29.9. The molecule has 3 aromatic heterocycles. The summed E-state index contributed by atoms with van der Waals surface area (Å²) in [5.41, 5.74) is 1.76. The summed E-state index contributed by atoms with van der Waals surface area (Å²) in [4.78, 5) is 21.4. The van der Waals surface area contributed by atoms with E-state index in [2.05, 4.69) is 26.1 Å². The lowest BCUT2D eigenvalue weighted by Crippen LogP contribution is -2.42. The van der Waals surface area contributed by atoms with Gasteiger partial charge in [-0.1, -0.05) is 11.2 Å². The van der Waals surface area contributed by atoms with Gasteiger partial charge in [0, 0.05) is 53.5 Å². The van der Waals surface area contributed by atoms with Crippen LogP contribution in [-0.4, -0.2) is 46.2 Å². The van der Waals surface area contributed by atoms with Crippen LogP contribution in [0.5, 0.6) is 5.75 Å². The molecule has 1 saturated carbocycles. The van der Waals surface area contributed by atoms with Crippen molar-refractivity contribution in [2.45, 2.75) is 44.2 Å². The second-order valence-corrected chi connectivity index (χ2v) is 11.4. The fraction of sp³-hybridized carbons (Fsp3) is 0.355. The number of ether oxygens (including phenoxy) is 1. The van der Waals surface area contributed by atoms with Crippen molar-refractivity contribution in [2.24, 2.45) is 5.41 Å². The zero-order valence-electron chi connectivity index (χ0n) is 22.8. The number of aromatic nitrogens is 3. The lowest BCUT2D eigenvalue weighted by Gasteiger charge is -2.47. The molecule has 0 amide bonds. The Balaban J connectivity index is 1.14. The van der Waals surface area contributed by atoms with Gasteiger partial charge >= 0.3 is 12.1 Å². The van der Waals surface area contributed by atoms with E-state index in [1.165, 1.54) is 18.2 Å². The third-order valence-corrected chi connectivity index (χ3v) is 8.65. The molecule has 1 aliphatic heterocycles. The second kappa shape index (κ2) is 10.1. The van der Waals surface area contributed by atoms with Gasteiger partial charge in [-0.3, -0.25) is 4.98 Å². The van der Waals surface area contributed by atoms with E-state index >= 15 is 0 Å². The number of hydrogen-bond donors (Lipinski definition) is 1. The topological polar surface area (TPSA) is 102 Å². The van der Waals surface area contributed by atoms with Crippen LogP contribution in [0.25, 0.3) is 27.7 Å². The molecule has 4 aromatic rings. The molecule has 1 spiro atoms. The van der Waals surface area contributed by atoms with Gasteiger partial charge in [-0.05, 0) is 73.4 Å². The van der Waals surface area contributed by atoms with Crippen LogP contribution in [0.15, 0.2) is 53.2 Å². The second-order valence-electron chi connectivity index (χ2n) is 11.4. The molecule has 0 radical (unpaired) electrons. The van der Waals surface area contributed by atoms with Crippen LogP contribution >= 0.6 is 0 Å². The van der Waals surface area contributed by atoms with E-state index in [1.807, 2.05) is 12.1 Å². The fourth-order valence-electron chi connectivity index (χ4n) is 6.32. The number of benzene rings is 1. The summed E-state index contributed by atoms with van der Waals surface area (Å²) in [5, 5.41) is 14.0. The number of carboxylic acid groups (broad SMARTS) is 1. The predicted molar refractivity (Wildman–Crippen MR) is 148 cm³/mol. The molecule has 1 aromatic carbocycles. The molecule has 1 saturated heterocycles. The highest BCUT2D eigenvalue weighted by molar-refractivity contribution is 5.94. The Morgan fingerprint density at radius 1 is 1.16 bits per heavy atom. The van der Waals surface area contributed by atoms with Crippen molar-refractivity contribution in [3.8, 4) is 17.0 Å². The SMILES string of the molecule is O=C(O)c1cc(OCF)c2cc(N3CCC4(C=C(c5c(-c6cccnc6C(F)(F)F)noc5C5CC5)C4)CC3)ccc2n1. The summed E-state index contributed by atoms with van der Waals surface area (Å²) in [6.45, 7) is 0.349. The third-order valence-electron chi connectivity index (χ3n) is 8.65. The number of pyridine rings is 2. The molecular formula is C31H26F4N4O4. The molecule has 7 rings (SSSR count). The van der Waals surface area contributed by atoms with Crippen molar-refractivity contribution >= 4 is 28.1 Å². The molecular weight excluding hydrogens is 568 g/mol. The van der Waals surface area contributed by atoms with Gasteiger partial charge in [0.15, 0.2) is 11.4 Å². The molecule has 8 nitrogen and oxygen atoms in total. The van der Waals surface area contributed by atoms with Crippen molar-refractivity contribution in [1.29, 1.82) is 0 Å². The number of anilines is 1. The number of aromatic carboxylic acids is 1. The Morgan fingerprint density at radius 3 is 2.60 bits per heavy atom. The summed E-state index contributed by atoms with van der Waals surface area (Å²) in [7, 11) is 0. The van der Waals surface area contributed by atoms with Crippen LogP contribution < -0.4 is 9.64 Å². The van der Waals surface area contributed by atoms with Crippen molar-refractivity contribution in [3.05, 3.63) is 71.4 Å². The molecule has 1 N–H and O–H groups in total. The Labute approximate surface area is 243 Å². The number of alkyl halides is 4. The maximum Gasteiger partial charge on any atom is 0.434 e. The number of allylic oxidation sites excluding steroid dienone is 2. The number of piperidine rings is 1. The Kier molecular flexibility index (Phi) is 6.40. The maximum absolute atomic E-state index is 13.8. The molecule has 3 aliphatic rings. The van der Waals surface area contributed by atoms with E-state index < -0.39 is 24.7 Å². The van der Waals surface area contributed by atoms with Crippen LogP contribution in [0.4, 0.5) is 23.2 Å². The smallest absolute Gasteiger partial charge is 0.434 e. The lowest BCUT2D eigenvalue weighted by atomic mass is 9.63. The number of carboxylic acids is 1. The van der Waals surface area contributed by atoms with E-state index in [-0.39, 0.29) is 34.0 Å². The minimum absolute atomic E-state index is 0.0744. The lowest BCUT2D eigenvalue weighted by molar-refractivity contribution is -0.140. The van der Waals surface area contributed by atoms with Crippen LogP contribution in [-0.2, 0) is 6.18 Å². The first-order chi connectivity index (χ1) is 20.7. The van der Waals surface area contributed by atoms with E-state index in [0.29, 0.717) is 28.6 Å². The van der Waals surface area contributed by atoms with E-state index in [9.17, 15) is 27.5 Å². The molecule has 2 aliphatic carbocycles. The van der Waals surface area contributed by atoms with Crippen LogP contribution in [0.3, 0.4) is 0 Å². The highest BCUT2D eigenvalue weighted by atomic mass is 19.4. The first-order valence-corrected chi connectivity index (χ1v) is 14.0. The number of rotatable bonds is 7. The third kappa shape index (κ3) is 4.88. The normalized spacial score (nSPS) is 18.0. The fourth-order valence-corrected chi connectivity index (χ4v) is 6.32. The molecule has 0 atom stereocenters. The van der Waals surface area contributed by atoms with Crippen molar-refractivity contribution in [1.82, 2.24) is 15.1 Å². The van der Waals surface area contributed by atoms with E-state index in [4.69, 9.17) is 9.26 Å². The number of carbonyl (C=O) groups is 1. The molecule has 0 unspecified atom stereocenters. The molecule has 12 heteroatoms. The summed E-state index contributed by atoms with van der Waals surface area (Å²) >= 11 is 0. The number of fused-ring (bicyclic) bond motifs is 1. The maximum atomic E-state index is 13.8. The molecule has 2 fully saturated rings. The first kappa shape index (κ1) is 27.4. The van der Waals surface area contributed by atoms with Crippen LogP contribution in [0.1, 0.15) is 65.5 Å². The van der Waals surface area contributed by atoms with Gasteiger partial charge in [0.2, 0.25) is 6.86 Å². The summed E-state index contributed by atoms with van der Waals surface area (Å²) in [6, 6.07) is 9.49. The standard InChI is InChI=1S/C31H26F4N4O4/c32-16-42-24-13-23(29(40)41)37-22-6-5-19(12-21(22)24)39-10-7-30(8-11-39)14-18(15-30)25-26(38-43-27(25)17-3-4-17)20-2-1-9-36-28(20)31(33,34)35/h1-2,5-6,9,12-14,17H,3-4,7-8,10-11,15-16H2,(H,40,41). The zero-order valence-corrected chi connectivity index (χ0v) is 22.8. The number of hydrogen-bond acceptors (Lipinski definition) is 7. The van der Waals surface area contributed by atoms with Gasteiger partial charge in [-0.25, -0.2) is 14.2 Å². The summed E-state index contributed by atoms with van der Waals surface area (Å²) in [6.07, 6.45) is 2.91. The number of nitrogens with zero attached hydrogens (tertiary/aromatic N) is 4. The van der Waals surface area contributed by atoms with Gasteiger partial charge in [-0.15, -0.1) is 0 Å². The molecule has 0 bridgehead atoms. The van der Waals surface area contributed by atoms with Crippen molar-refractivity contribution < 1.29 is 36.7 Å². The monoisotopic (exact) mass is 594 g/mol. The minimum Gasteiger partial charge on any atom is -0.477 e. The average Bonchev–Trinajstić information content (AvgIpc) is 3.73. The average molecular weight is 595 g/mol. The Morgan fingerprint density at radius 2 is 1.93 bits per heavy atom. The van der Waals surface area contributed by atoms with Crippen molar-refractivity contribution in [2.75, 3.05) is 24.9 Å². The Bertz CT molecular complexity index is 1770. The molecule has 43 heavy (non-hydrogen) atoms. The van der Waals surface area contributed by atoms with Gasteiger partial charge < -0.3 is 19.3 Å². The van der Waals surface area contributed by atoms with Gasteiger partial charge in [0.25, 0.3) is 0 Å². The largest absolute Gasteiger partial charge is 0.477 e. The number of halogens is 4. The highest BCUT2D eigenvalue weighted by Crippen LogP contribution is 2.56. The molecule has 222 valence electrons. The molecule has 4 heterocycles. The Hall–Kier alpha value is -4.48. The highest BCUT2D eigenvalue weighted by Gasteiger charge is 2.45. The summed E-state index contributed by atoms with van der Waals surface area (Å²) < 4.78 is 65.2. The minimum atomic E-state index is -4.62. The van der Waals surface area contributed by atoms with E-state index in [0.717, 1.165) is 56.2 Å².